The highest BCUT2D eigenvalue weighted by atomic mass is 31.0. The summed E-state index contributed by atoms with van der Waals surface area (Å²) in [6.07, 6.45) is -0.690. The minimum atomic E-state index is -0.690. The number of nitrogens with zero attached hydrogens (tertiary/aromatic N) is 1. The summed E-state index contributed by atoms with van der Waals surface area (Å²) in [4.78, 5) is 13.7. The van der Waals surface area contributed by atoms with Gasteiger partial charge in [0.05, 0.1) is 0 Å². The van der Waals surface area contributed by atoms with Crippen LogP contribution in [0.4, 0.5) is 4.79 Å². The van der Waals surface area contributed by atoms with Crippen molar-refractivity contribution in [2.75, 3.05) is 6.73 Å². The van der Waals surface area contributed by atoms with E-state index < -0.39 is 6.16 Å². The van der Waals surface area contributed by atoms with Gasteiger partial charge in [0.15, 0.2) is 6.73 Å². The predicted molar refractivity (Wildman–Crippen MR) is 29.6 cm³/mol. The van der Waals surface area contributed by atoms with Crippen molar-refractivity contribution in [3.05, 3.63) is 0 Å². The smallest absolute Gasteiger partial charge is 0.411 e. The quantitative estimate of drug-likeness (QED) is 0.353. The van der Waals surface area contributed by atoms with Crippen molar-refractivity contribution in [2.24, 2.45) is 4.99 Å². The fraction of sp³-hybridized carbons (Fsp3) is 0.333. The van der Waals surface area contributed by atoms with E-state index in [1.807, 2.05) is 0 Å². The fourth-order valence-electron chi connectivity index (χ4n) is 0.296. The largest absolute Gasteiger partial charge is 0.516 e. The Hall–Kier alpha value is -0.630. The molecule has 1 rings (SSSR count). The molecule has 0 saturated carbocycles. The summed E-state index contributed by atoms with van der Waals surface area (Å²) in [6, 6.07) is 0. The Labute approximate surface area is 48.1 Å². The molecule has 0 aromatic rings. The maximum absolute atomic E-state index is 10.1. The van der Waals surface area contributed by atoms with Crippen LogP contribution in [-0.2, 0) is 9.47 Å². The fourth-order valence-corrected chi connectivity index (χ4v) is 0.466. The molecule has 1 aliphatic heterocycles. The Kier molecular flexibility index (Phi) is 1.44. The number of carbonyl (C=O) groups excluding carboxylic acids is 1. The monoisotopic (exact) mass is 133 g/mol. The number of hydrogen-bond acceptors (Lipinski definition) is 4. The zero-order chi connectivity index (χ0) is 5.98. The second-order valence-corrected chi connectivity index (χ2v) is 1.62. The first kappa shape index (κ1) is 5.51. The Bertz CT molecular complexity index is 143. The average molecular weight is 133 g/mol. The number of carbonyl (C=O) groups is 1. The lowest BCUT2D eigenvalue weighted by Crippen LogP contribution is -2.15. The van der Waals surface area contributed by atoms with Crippen LogP contribution in [0, 0.1) is 0 Å². The Morgan fingerprint density at radius 2 is 2.50 bits per heavy atom. The van der Waals surface area contributed by atoms with Gasteiger partial charge in [0.2, 0.25) is 5.64 Å². The zero-order valence-electron chi connectivity index (χ0n) is 3.96. The van der Waals surface area contributed by atoms with Crippen molar-refractivity contribution >= 4 is 21.0 Å². The van der Waals surface area contributed by atoms with Crippen LogP contribution in [-0.4, -0.2) is 18.5 Å². The molecular weight excluding hydrogens is 129 g/mol. The third kappa shape index (κ3) is 1.17. The summed E-state index contributed by atoms with van der Waals surface area (Å²) in [5.74, 6) is 0. The predicted octanol–water partition coefficient (Wildman–Crippen LogP) is 0.342. The normalized spacial score (nSPS) is 18.6. The maximum Gasteiger partial charge on any atom is 0.516 e. The van der Waals surface area contributed by atoms with E-state index in [0.29, 0.717) is 0 Å². The first-order valence-electron chi connectivity index (χ1n) is 1.93. The van der Waals surface area contributed by atoms with Crippen LogP contribution in [0.3, 0.4) is 0 Å². The molecule has 0 bridgehead atoms. The topological polar surface area (TPSA) is 47.9 Å². The van der Waals surface area contributed by atoms with Crippen LogP contribution >= 0.6 is 9.24 Å². The van der Waals surface area contributed by atoms with E-state index >= 15 is 0 Å². The van der Waals surface area contributed by atoms with Gasteiger partial charge in [0.25, 0.3) is 0 Å². The lowest BCUT2D eigenvalue weighted by molar-refractivity contribution is 0.0886. The molecule has 0 aliphatic carbocycles. The number of cyclic esters (lactones) is 2. The van der Waals surface area contributed by atoms with E-state index in [-0.39, 0.29) is 12.4 Å². The van der Waals surface area contributed by atoms with Gasteiger partial charge in [0, 0.05) is 0 Å². The third-order valence-electron chi connectivity index (χ3n) is 0.591. The number of hydrogen-bond donors (Lipinski definition) is 0. The Balaban J connectivity index is 2.57. The molecule has 8 heavy (non-hydrogen) atoms. The van der Waals surface area contributed by atoms with Crippen molar-refractivity contribution in [1.29, 1.82) is 0 Å². The van der Waals surface area contributed by atoms with Crippen LogP contribution in [0.15, 0.2) is 4.99 Å². The molecule has 44 valence electrons. The van der Waals surface area contributed by atoms with Crippen LogP contribution in [0.5, 0.6) is 0 Å². The highest BCUT2D eigenvalue weighted by Crippen LogP contribution is 2.01. The van der Waals surface area contributed by atoms with Gasteiger partial charge in [0.1, 0.15) is 0 Å². The van der Waals surface area contributed by atoms with Gasteiger partial charge in [-0.2, -0.15) is 0 Å². The van der Waals surface area contributed by atoms with Crippen molar-refractivity contribution in [1.82, 2.24) is 0 Å². The summed E-state index contributed by atoms with van der Waals surface area (Å²) in [5, 5.41) is 0. The van der Waals surface area contributed by atoms with Crippen LogP contribution in [0.2, 0.25) is 0 Å². The second kappa shape index (κ2) is 2.09. The second-order valence-electron chi connectivity index (χ2n) is 1.12. The third-order valence-corrected chi connectivity index (χ3v) is 0.891. The first-order chi connectivity index (χ1) is 3.79. The van der Waals surface area contributed by atoms with E-state index in [2.05, 4.69) is 23.7 Å². The van der Waals surface area contributed by atoms with E-state index in [0.717, 1.165) is 0 Å². The molecule has 4 nitrogen and oxygen atoms in total. The molecule has 1 unspecified atom stereocenters. The summed E-state index contributed by atoms with van der Waals surface area (Å²) < 4.78 is 8.62. The van der Waals surface area contributed by atoms with E-state index in [4.69, 9.17) is 0 Å². The zero-order valence-corrected chi connectivity index (χ0v) is 5.11. The highest BCUT2D eigenvalue weighted by molar-refractivity contribution is 7.39. The standard InChI is InChI=1S/C3H4NO3P/c5-3-6-1-4-2(8)7-3/h1,8H2. The summed E-state index contributed by atoms with van der Waals surface area (Å²) >= 11 is 0. The molecule has 0 saturated heterocycles. The molecule has 5 heteroatoms. The Morgan fingerprint density at radius 3 is 2.88 bits per heavy atom. The molecule has 0 aromatic carbocycles. The summed E-state index contributed by atoms with van der Waals surface area (Å²) in [7, 11) is 2.16. The molecule has 0 spiro atoms. The summed E-state index contributed by atoms with van der Waals surface area (Å²) in [6.45, 7) is 0.0671. The van der Waals surface area contributed by atoms with Crippen molar-refractivity contribution < 1.29 is 14.3 Å². The molecule has 1 aliphatic rings. The number of aliphatic imine (C=N–C) groups is 1. The molecule has 0 fully saturated rings. The minimum absolute atomic E-state index is 0.0671. The van der Waals surface area contributed by atoms with Crippen LogP contribution in [0.25, 0.3) is 0 Å². The Morgan fingerprint density at radius 1 is 1.75 bits per heavy atom. The highest BCUT2D eigenvalue weighted by Gasteiger charge is 2.09. The van der Waals surface area contributed by atoms with Gasteiger partial charge >= 0.3 is 6.16 Å². The van der Waals surface area contributed by atoms with Crippen LogP contribution in [0.1, 0.15) is 0 Å². The average Bonchev–Trinajstić information content (AvgIpc) is 1.64. The van der Waals surface area contributed by atoms with Crippen molar-refractivity contribution in [3.63, 3.8) is 0 Å². The van der Waals surface area contributed by atoms with Gasteiger partial charge < -0.3 is 9.47 Å². The number of rotatable bonds is 0. The maximum atomic E-state index is 10.1. The molecule has 1 atom stereocenters. The van der Waals surface area contributed by atoms with E-state index in [9.17, 15) is 4.79 Å². The molecular formula is C3H4NO3P. The molecule has 0 radical (unpaired) electrons. The van der Waals surface area contributed by atoms with Crippen LogP contribution < -0.4 is 0 Å². The van der Waals surface area contributed by atoms with Crippen molar-refractivity contribution in [3.8, 4) is 0 Å². The lowest BCUT2D eigenvalue weighted by atomic mass is 11.1. The van der Waals surface area contributed by atoms with Gasteiger partial charge in [-0.3, -0.25) is 0 Å². The molecule has 1 heterocycles. The van der Waals surface area contributed by atoms with Gasteiger partial charge in [-0.05, 0) is 9.24 Å². The molecule has 0 amide bonds. The van der Waals surface area contributed by atoms with E-state index in [1.165, 1.54) is 0 Å². The van der Waals surface area contributed by atoms with Gasteiger partial charge in [-0.15, -0.1) is 0 Å². The van der Waals surface area contributed by atoms with E-state index in [1.54, 1.807) is 0 Å². The summed E-state index contributed by atoms with van der Waals surface area (Å²) in [5.41, 5.74) is 0.279. The minimum Gasteiger partial charge on any atom is -0.411 e. The molecule has 0 aromatic heterocycles. The first-order valence-corrected chi connectivity index (χ1v) is 2.51. The SMILES string of the molecule is O=C1OCN=C(P)O1. The van der Waals surface area contributed by atoms with Crippen molar-refractivity contribution in [2.45, 2.75) is 0 Å². The molecule has 0 N–H and O–H groups in total. The van der Waals surface area contributed by atoms with Gasteiger partial charge in [-0.25, -0.2) is 9.79 Å². The van der Waals surface area contributed by atoms with Gasteiger partial charge in [-0.1, -0.05) is 0 Å². The number of ether oxygens (including phenoxy) is 2. The lowest BCUT2D eigenvalue weighted by Gasteiger charge is -2.07.